The lowest BCUT2D eigenvalue weighted by Crippen LogP contribution is -2.47. The molecule has 3 N–H and O–H groups in total. The zero-order chi connectivity index (χ0) is 28.4. The smallest absolute Gasteiger partial charge is 0.251 e. The third-order valence-electron chi connectivity index (χ3n) is 6.97. The molecule has 5 rings (SSSR count). The fourth-order valence-electron chi connectivity index (χ4n) is 4.69. The van der Waals surface area contributed by atoms with Gasteiger partial charge < -0.3 is 15.6 Å². The van der Waals surface area contributed by atoms with E-state index in [1.807, 2.05) is 72.8 Å². The number of aromatic nitrogens is 2. The summed E-state index contributed by atoms with van der Waals surface area (Å²) in [5.74, 6) is -0.551. The predicted octanol–water partition coefficient (Wildman–Crippen LogP) is 6.49. The van der Waals surface area contributed by atoms with E-state index in [1.54, 1.807) is 30.7 Å². The van der Waals surface area contributed by atoms with Gasteiger partial charge in [-0.1, -0.05) is 96.5 Å². The van der Waals surface area contributed by atoms with Gasteiger partial charge in [-0.05, 0) is 53.3 Å². The molecular formula is C34H31ClN4O2. The van der Waals surface area contributed by atoms with Gasteiger partial charge in [0.2, 0.25) is 5.91 Å². The Bertz CT molecular complexity index is 1570. The summed E-state index contributed by atoms with van der Waals surface area (Å²) in [6.07, 6.45) is 5.08. The lowest BCUT2D eigenvalue weighted by Gasteiger charge is -2.19. The number of benzene rings is 4. The Balaban J connectivity index is 1.30. The molecule has 1 aromatic heterocycles. The van der Waals surface area contributed by atoms with E-state index in [0.717, 1.165) is 33.5 Å². The van der Waals surface area contributed by atoms with Gasteiger partial charge in [0.1, 0.15) is 6.04 Å². The van der Waals surface area contributed by atoms with Gasteiger partial charge in [-0.15, -0.1) is 0 Å². The van der Waals surface area contributed by atoms with Gasteiger partial charge in [0.15, 0.2) is 0 Å². The molecule has 0 spiro atoms. The van der Waals surface area contributed by atoms with Gasteiger partial charge in [0, 0.05) is 41.0 Å². The molecule has 41 heavy (non-hydrogen) atoms. The molecule has 0 aliphatic heterocycles. The van der Waals surface area contributed by atoms with Gasteiger partial charge in [-0.3, -0.25) is 9.59 Å². The average Bonchev–Trinajstić information content (AvgIpc) is 3.54. The molecule has 7 heteroatoms. The standard InChI is InChI=1S/C34H31ClN4O2/c35-31-17-16-28(21-30(31)27-14-12-26(13-15-27)25-9-5-2-6-10-25)33(40)39-32(18-11-24-7-3-1-4-8-24)34(41)37-20-19-29-22-36-23-38-29/h1-10,12-17,21-23,32H,11,18-20H2,(H,36,38)(H,37,41)(H,39,40). The second-order valence-corrected chi connectivity index (χ2v) is 10.2. The number of nitrogens with one attached hydrogen (secondary N) is 3. The van der Waals surface area contributed by atoms with Crippen molar-refractivity contribution in [1.29, 1.82) is 0 Å². The number of rotatable bonds is 11. The van der Waals surface area contributed by atoms with E-state index in [9.17, 15) is 9.59 Å². The van der Waals surface area contributed by atoms with E-state index in [0.29, 0.717) is 36.4 Å². The minimum Gasteiger partial charge on any atom is -0.354 e. The molecule has 0 saturated carbocycles. The summed E-state index contributed by atoms with van der Waals surface area (Å²) in [5, 5.41) is 6.47. The van der Waals surface area contributed by atoms with E-state index in [2.05, 4.69) is 32.7 Å². The highest BCUT2D eigenvalue weighted by Crippen LogP contribution is 2.31. The number of halogens is 1. The number of H-pyrrole nitrogens is 1. The molecule has 0 radical (unpaired) electrons. The Labute approximate surface area is 244 Å². The monoisotopic (exact) mass is 562 g/mol. The first-order valence-corrected chi connectivity index (χ1v) is 14.0. The lowest BCUT2D eigenvalue weighted by atomic mass is 9.98. The SMILES string of the molecule is O=C(NC(CCc1ccccc1)C(=O)NCCc1cnc[nH]1)c1ccc(Cl)c(-c2ccc(-c3ccccc3)cc2)c1. The maximum absolute atomic E-state index is 13.4. The van der Waals surface area contributed by atoms with Crippen LogP contribution in [0.1, 0.15) is 28.0 Å². The lowest BCUT2D eigenvalue weighted by molar-refractivity contribution is -0.123. The van der Waals surface area contributed by atoms with Crippen LogP contribution in [-0.2, 0) is 17.6 Å². The number of aromatic amines is 1. The quantitative estimate of drug-likeness (QED) is 0.172. The van der Waals surface area contributed by atoms with Gasteiger partial charge in [-0.2, -0.15) is 0 Å². The van der Waals surface area contributed by atoms with Crippen LogP contribution in [0.3, 0.4) is 0 Å². The molecule has 206 valence electrons. The van der Waals surface area contributed by atoms with Crippen molar-refractivity contribution in [2.45, 2.75) is 25.3 Å². The van der Waals surface area contributed by atoms with Crippen molar-refractivity contribution in [3.05, 3.63) is 137 Å². The van der Waals surface area contributed by atoms with Gasteiger partial charge in [0.25, 0.3) is 5.91 Å². The van der Waals surface area contributed by atoms with Crippen LogP contribution in [0.2, 0.25) is 5.02 Å². The topological polar surface area (TPSA) is 86.9 Å². The second kappa shape index (κ2) is 13.6. The zero-order valence-corrected chi connectivity index (χ0v) is 23.3. The summed E-state index contributed by atoms with van der Waals surface area (Å²) in [6, 6.07) is 32.6. The van der Waals surface area contributed by atoms with Crippen molar-refractivity contribution in [3.8, 4) is 22.3 Å². The van der Waals surface area contributed by atoms with Gasteiger partial charge in [0.05, 0.1) is 6.33 Å². The maximum Gasteiger partial charge on any atom is 0.251 e. The number of hydrogen-bond donors (Lipinski definition) is 3. The Morgan fingerprint density at radius 1 is 0.805 bits per heavy atom. The summed E-state index contributed by atoms with van der Waals surface area (Å²) >= 11 is 6.56. The zero-order valence-electron chi connectivity index (χ0n) is 22.5. The summed E-state index contributed by atoms with van der Waals surface area (Å²) in [7, 11) is 0. The number of amides is 2. The molecule has 0 bridgehead atoms. The third-order valence-corrected chi connectivity index (χ3v) is 7.30. The molecule has 1 unspecified atom stereocenters. The van der Waals surface area contributed by atoms with Gasteiger partial charge >= 0.3 is 0 Å². The van der Waals surface area contributed by atoms with Crippen molar-refractivity contribution in [1.82, 2.24) is 20.6 Å². The summed E-state index contributed by atoms with van der Waals surface area (Å²) in [5.41, 5.74) is 6.35. The molecule has 0 saturated heterocycles. The summed E-state index contributed by atoms with van der Waals surface area (Å²) in [6.45, 7) is 0.433. The van der Waals surface area contributed by atoms with Crippen LogP contribution in [0.4, 0.5) is 0 Å². The van der Waals surface area contributed by atoms with Gasteiger partial charge in [-0.25, -0.2) is 4.98 Å². The minimum atomic E-state index is -0.700. The first kappa shape index (κ1) is 27.9. The molecule has 4 aromatic carbocycles. The summed E-state index contributed by atoms with van der Waals surface area (Å²) in [4.78, 5) is 33.6. The van der Waals surface area contributed by atoms with Crippen LogP contribution < -0.4 is 10.6 Å². The number of hydrogen-bond acceptors (Lipinski definition) is 3. The van der Waals surface area contributed by atoms with E-state index in [-0.39, 0.29) is 11.8 Å². The fraction of sp³-hybridized carbons (Fsp3) is 0.147. The highest BCUT2D eigenvalue weighted by atomic mass is 35.5. The van der Waals surface area contributed by atoms with Crippen LogP contribution in [0.5, 0.6) is 0 Å². The number of nitrogens with zero attached hydrogens (tertiary/aromatic N) is 1. The Morgan fingerprint density at radius 2 is 1.49 bits per heavy atom. The molecule has 5 aromatic rings. The Hall–Kier alpha value is -4.68. The molecule has 1 heterocycles. The molecule has 1 atom stereocenters. The number of imidazole rings is 1. The van der Waals surface area contributed by atoms with Crippen molar-refractivity contribution in [2.75, 3.05) is 6.54 Å². The molecular weight excluding hydrogens is 532 g/mol. The first-order valence-electron chi connectivity index (χ1n) is 13.6. The third kappa shape index (κ3) is 7.50. The molecule has 0 aliphatic rings. The van der Waals surface area contributed by atoms with Crippen molar-refractivity contribution in [2.24, 2.45) is 0 Å². The number of carbonyl (C=O) groups is 2. The Kier molecular flexibility index (Phi) is 9.24. The molecule has 2 amide bonds. The van der Waals surface area contributed by atoms with Crippen LogP contribution in [0.25, 0.3) is 22.3 Å². The van der Waals surface area contributed by atoms with E-state index < -0.39 is 6.04 Å². The van der Waals surface area contributed by atoms with Crippen molar-refractivity contribution in [3.63, 3.8) is 0 Å². The number of aryl methyl sites for hydroxylation is 1. The van der Waals surface area contributed by atoms with Crippen molar-refractivity contribution >= 4 is 23.4 Å². The largest absolute Gasteiger partial charge is 0.354 e. The summed E-state index contributed by atoms with van der Waals surface area (Å²) < 4.78 is 0. The Morgan fingerprint density at radius 3 is 2.20 bits per heavy atom. The highest BCUT2D eigenvalue weighted by Gasteiger charge is 2.22. The maximum atomic E-state index is 13.4. The molecule has 0 fully saturated rings. The first-order chi connectivity index (χ1) is 20.1. The highest BCUT2D eigenvalue weighted by molar-refractivity contribution is 6.33. The van der Waals surface area contributed by atoms with Crippen LogP contribution in [0, 0.1) is 0 Å². The fourth-order valence-corrected chi connectivity index (χ4v) is 4.92. The van der Waals surface area contributed by atoms with Crippen LogP contribution in [0.15, 0.2) is 116 Å². The normalized spacial score (nSPS) is 11.5. The molecule has 0 aliphatic carbocycles. The van der Waals surface area contributed by atoms with E-state index in [4.69, 9.17) is 11.6 Å². The van der Waals surface area contributed by atoms with Crippen LogP contribution in [-0.4, -0.2) is 34.4 Å². The second-order valence-electron chi connectivity index (χ2n) is 9.81. The number of carbonyl (C=O) groups excluding carboxylic acids is 2. The minimum absolute atomic E-state index is 0.223. The average molecular weight is 563 g/mol. The van der Waals surface area contributed by atoms with E-state index in [1.165, 1.54) is 0 Å². The van der Waals surface area contributed by atoms with Crippen LogP contribution >= 0.6 is 11.6 Å². The van der Waals surface area contributed by atoms with E-state index >= 15 is 0 Å². The van der Waals surface area contributed by atoms with Crippen molar-refractivity contribution < 1.29 is 9.59 Å². The predicted molar refractivity (Wildman–Crippen MR) is 164 cm³/mol. The molecule has 6 nitrogen and oxygen atoms in total.